The molecule has 0 bridgehead atoms. The van der Waals surface area contributed by atoms with Crippen LogP contribution < -0.4 is 10.2 Å². The second kappa shape index (κ2) is 4.94. The molecule has 1 aromatic heterocycles. The lowest BCUT2D eigenvalue weighted by Gasteiger charge is -2.34. The lowest BCUT2D eigenvalue weighted by molar-refractivity contribution is 0.470. The lowest BCUT2D eigenvalue weighted by Crippen LogP contribution is -2.40. The first kappa shape index (κ1) is 12.5. The van der Waals surface area contributed by atoms with Crippen LogP contribution in [0, 0.1) is 0 Å². The highest BCUT2D eigenvalue weighted by Crippen LogP contribution is 2.27. The van der Waals surface area contributed by atoms with E-state index < -0.39 is 0 Å². The van der Waals surface area contributed by atoms with E-state index in [-0.39, 0.29) is 5.54 Å². The van der Waals surface area contributed by atoms with Crippen LogP contribution in [0.4, 0.5) is 5.13 Å². The Bertz CT molecular complexity index is 307. The van der Waals surface area contributed by atoms with Gasteiger partial charge in [0.25, 0.3) is 0 Å². The molecule has 1 heterocycles. The van der Waals surface area contributed by atoms with Crippen molar-refractivity contribution in [3.05, 3.63) is 11.1 Å². The predicted molar refractivity (Wildman–Crippen MR) is 67.7 cm³/mol. The largest absolute Gasteiger partial charge is 0.346 e. The van der Waals surface area contributed by atoms with Gasteiger partial charge < -0.3 is 10.2 Å². The Morgan fingerprint density at radius 2 is 2.20 bits per heavy atom. The maximum absolute atomic E-state index is 4.60. The molecule has 4 heteroatoms. The van der Waals surface area contributed by atoms with Gasteiger partial charge in [0.05, 0.1) is 5.69 Å². The molecule has 0 amide bonds. The van der Waals surface area contributed by atoms with Gasteiger partial charge in [0, 0.05) is 24.5 Å². The summed E-state index contributed by atoms with van der Waals surface area (Å²) in [6, 6.07) is 0. The first-order chi connectivity index (χ1) is 7.01. The fraction of sp³-hybridized carbons (Fsp3) is 0.727. The van der Waals surface area contributed by atoms with E-state index in [0.717, 1.165) is 23.8 Å². The molecular weight excluding hydrogens is 206 g/mol. The number of nitrogens with one attached hydrogen (secondary N) is 1. The zero-order valence-electron chi connectivity index (χ0n) is 10.3. The third kappa shape index (κ3) is 2.92. The van der Waals surface area contributed by atoms with Crippen molar-refractivity contribution < 1.29 is 0 Å². The third-order valence-corrected chi connectivity index (χ3v) is 3.92. The summed E-state index contributed by atoms with van der Waals surface area (Å²) in [4.78, 5) is 6.86. The molecule has 0 aliphatic heterocycles. The Labute approximate surface area is 96.5 Å². The number of thiazole rings is 1. The minimum absolute atomic E-state index is 0.175. The van der Waals surface area contributed by atoms with Crippen molar-refractivity contribution in [1.29, 1.82) is 0 Å². The van der Waals surface area contributed by atoms with Crippen molar-refractivity contribution in [2.24, 2.45) is 0 Å². The van der Waals surface area contributed by atoms with Crippen LogP contribution in [0.2, 0.25) is 0 Å². The van der Waals surface area contributed by atoms with Gasteiger partial charge in [-0.3, -0.25) is 0 Å². The van der Waals surface area contributed by atoms with Gasteiger partial charge in [0.2, 0.25) is 0 Å². The molecule has 86 valence electrons. The summed E-state index contributed by atoms with van der Waals surface area (Å²) in [5.41, 5.74) is 1.30. The van der Waals surface area contributed by atoms with E-state index in [9.17, 15) is 0 Å². The van der Waals surface area contributed by atoms with Gasteiger partial charge in [-0.15, -0.1) is 11.3 Å². The highest BCUT2D eigenvalue weighted by Gasteiger charge is 2.23. The maximum atomic E-state index is 4.60. The monoisotopic (exact) mass is 227 g/mol. The number of hydrogen-bond donors (Lipinski definition) is 1. The fourth-order valence-corrected chi connectivity index (χ4v) is 2.16. The van der Waals surface area contributed by atoms with E-state index in [0.29, 0.717) is 0 Å². The van der Waals surface area contributed by atoms with Crippen molar-refractivity contribution in [2.45, 2.75) is 39.3 Å². The summed E-state index contributed by atoms with van der Waals surface area (Å²) in [5.74, 6) is 0. The summed E-state index contributed by atoms with van der Waals surface area (Å²) in [6.45, 7) is 7.54. The fourth-order valence-electron chi connectivity index (χ4n) is 1.21. The van der Waals surface area contributed by atoms with Gasteiger partial charge in [-0.25, -0.2) is 4.98 Å². The van der Waals surface area contributed by atoms with Crippen LogP contribution >= 0.6 is 11.3 Å². The topological polar surface area (TPSA) is 28.2 Å². The quantitative estimate of drug-likeness (QED) is 0.837. The first-order valence-electron chi connectivity index (χ1n) is 5.34. The lowest BCUT2D eigenvalue weighted by atomic mass is 10.0. The second-order valence-electron chi connectivity index (χ2n) is 4.38. The number of anilines is 1. The van der Waals surface area contributed by atoms with E-state index >= 15 is 0 Å². The van der Waals surface area contributed by atoms with Gasteiger partial charge in [-0.05, 0) is 27.3 Å². The molecule has 0 unspecified atom stereocenters. The number of rotatable bonds is 5. The molecule has 15 heavy (non-hydrogen) atoms. The van der Waals surface area contributed by atoms with Crippen LogP contribution in [-0.4, -0.2) is 24.6 Å². The number of hydrogen-bond acceptors (Lipinski definition) is 4. The average molecular weight is 227 g/mol. The van der Waals surface area contributed by atoms with Crippen LogP contribution in [0.15, 0.2) is 5.38 Å². The zero-order chi connectivity index (χ0) is 11.5. The predicted octanol–water partition coefficient (Wildman–Crippen LogP) is 2.49. The van der Waals surface area contributed by atoms with Gasteiger partial charge in [0.15, 0.2) is 5.13 Å². The van der Waals surface area contributed by atoms with Gasteiger partial charge >= 0.3 is 0 Å². The van der Waals surface area contributed by atoms with Crippen molar-refractivity contribution in [3.63, 3.8) is 0 Å². The molecule has 1 aromatic rings. The highest BCUT2D eigenvalue weighted by molar-refractivity contribution is 7.13. The van der Waals surface area contributed by atoms with Crippen molar-refractivity contribution in [1.82, 2.24) is 10.3 Å². The highest BCUT2D eigenvalue weighted by atomic mass is 32.1. The van der Waals surface area contributed by atoms with E-state index in [1.165, 1.54) is 0 Å². The number of aromatic nitrogens is 1. The smallest absolute Gasteiger partial charge is 0.185 e. The minimum Gasteiger partial charge on any atom is -0.346 e. The molecule has 1 N–H and O–H groups in total. The summed E-state index contributed by atoms with van der Waals surface area (Å²) >= 11 is 1.71. The van der Waals surface area contributed by atoms with Crippen LogP contribution in [0.3, 0.4) is 0 Å². The maximum Gasteiger partial charge on any atom is 0.185 e. The molecule has 0 radical (unpaired) electrons. The van der Waals surface area contributed by atoms with Crippen molar-refractivity contribution in [2.75, 3.05) is 19.0 Å². The Morgan fingerprint density at radius 3 is 2.73 bits per heavy atom. The average Bonchev–Trinajstić information content (AvgIpc) is 2.66. The summed E-state index contributed by atoms with van der Waals surface area (Å²) < 4.78 is 0. The van der Waals surface area contributed by atoms with E-state index in [2.05, 4.69) is 48.4 Å². The Hall–Kier alpha value is -0.610. The van der Waals surface area contributed by atoms with Crippen LogP contribution in [0.25, 0.3) is 0 Å². The molecule has 0 aliphatic rings. The molecule has 0 aliphatic carbocycles. The van der Waals surface area contributed by atoms with Crippen LogP contribution in [0.5, 0.6) is 0 Å². The van der Waals surface area contributed by atoms with Gasteiger partial charge in [-0.2, -0.15) is 0 Å². The Balaban J connectivity index is 2.78. The molecule has 0 spiro atoms. The molecule has 0 saturated heterocycles. The third-order valence-electron chi connectivity index (χ3n) is 2.96. The molecule has 0 saturated carbocycles. The van der Waals surface area contributed by atoms with Gasteiger partial charge in [-0.1, -0.05) is 6.92 Å². The summed E-state index contributed by atoms with van der Waals surface area (Å²) in [7, 11) is 4.06. The Morgan fingerprint density at radius 1 is 1.53 bits per heavy atom. The standard InChI is InChI=1S/C11H21N3S/c1-6-11(2,3)14(5)10-13-9(7-12-4)8-15-10/h8,12H,6-7H2,1-5H3. The molecule has 3 nitrogen and oxygen atoms in total. The number of nitrogens with zero attached hydrogens (tertiary/aromatic N) is 2. The molecule has 0 atom stereocenters. The summed E-state index contributed by atoms with van der Waals surface area (Å²) in [6.07, 6.45) is 1.12. The normalized spacial score (nSPS) is 11.8. The van der Waals surface area contributed by atoms with Gasteiger partial charge in [0.1, 0.15) is 0 Å². The SMILES string of the molecule is CCC(C)(C)N(C)c1nc(CNC)cs1. The zero-order valence-corrected chi connectivity index (χ0v) is 11.1. The first-order valence-corrected chi connectivity index (χ1v) is 6.22. The molecule has 0 fully saturated rings. The van der Waals surface area contributed by atoms with E-state index in [1.54, 1.807) is 11.3 Å². The Kier molecular flexibility index (Phi) is 4.11. The van der Waals surface area contributed by atoms with Crippen molar-refractivity contribution in [3.8, 4) is 0 Å². The minimum atomic E-state index is 0.175. The van der Waals surface area contributed by atoms with E-state index in [1.807, 2.05) is 7.05 Å². The summed E-state index contributed by atoms with van der Waals surface area (Å²) in [5, 5.41) is 6.34. The van der Waals surface area contributed by atoms with E-state index in [4.69, 9.17) is 0 Å². The molecule has 0 aromatic carbocycles. The van der Waals surface area contributed by atoms with Crippen LogP contribution in [-0.2, 0) is 6.54 Å². The second-order valence-corrected chi connectivity index (χ2v) is 5.21. The molecule has 1 rings (SSSR count). The van der Waals surface area contributed by atoms with Crippen molar-refractivity contribution >= 4 is 16.5 Å². The van der Waals surface area contributed by atoms with Crippen LogP contribution in [0.1, 0.15) is 32.9 Å². The molecular formula is C11H21N3S.